The molecule has 0 spiro atoms. The standard InChI is InChI=1S/C17H10ClN3O6/c18-10-2-1-3-11(6-10)20-17(23)12(16(22)19-20)4-9-5-14-15(27-8-26-14)7-13(9)21(24)25/h1-7H,8H2,(H,19,22)/b12-4-. The molecule has 1 saturated heterocycles. The zero-order chi connectivity index (χ0) is 19.1. The van der Waals surface area contributed by atoms with E-state index in [4.69, 9.17) is 21.1 Å². The van der Waals surface area contributed by atoms with E-state index in [1.807, 2.05) is 0 Å². The Morgan fingerprint density at radius 3 is 2.63 bits per heavy atom. The number of carbonyl (C=O) groups is 2. The van der Waals surface area contributed by atoms with Gasteiger partial charge in [0.25, 0.3) is 17.5 Å². The van der Waals surface area contributed by atoms with Gasteiger partial charge in [-0.05, 0) is 30.3 Å². The molecule has 4 rings (SSSR count). The number of hydrazine groups is 1. The molecule has 2 aliphatic heterocycles. The molecule has 2 heterocycles. The first-order valence-corrected chi connectivity index (χ1v) is 8.02. The van der Waals surface area contributed by atoms with Gasteiger partial charge >= 0.3 is 0 Å². The number of nitrogens with zero attached hydrogens (tertiary/aromatic N) is 2. The number of anilines is 1. The lowest BCUT2D eigenvalue weighted by Crippen LogP contribution is -2.35. The summed E-state index contributed by atoms with van der Waals surface area (Å²) in [5.41, 5.74) is 2.26. The Labute approximate surface area is 156 Å². The van der Waals surface area contributed by atoms with Crippen LogP contribution in [0, 0.1) is 10.1 Å². The second-order valence-electron chi connectivity index (χ2n) is 5.64. The highest BCUT2D eigenvalue weighted by Gasteiger charge is 2.35. The zero-order valence-corrected chi connectivity index (χ0v) is 14.2. The SMILES string of the molecule is O=C1NN(c2cccc(Cl)c2)C(=O)/C1=C\c1cc2c(cc1[N+](=O)[O-])OCO2. The van der Waals surface area contributed by atoms with E-state index < -0.39 is 16.7 Å². The first kappa shape index (κ1) is 16.9. The van der Waals surface area contributed by atoms with Crippen molar-refractivity contribution < 1.29 is 24.0 Å². The molecule has 0 bridgehead atoms. The molecule has 0 aromatic heterocycles. The lowest BCUT2D eigenvalue weighted by atomic mass is 10.1. The summed E-state index contributed by atoms with van der Waals surface area (Å²) < 4.78 is 10.3. The van der Waals surface area contributed by atoms with Crippen molar-refractivity contribution in [3.8, 4) is 11.5 Å². The first-order valence-electron chi connectivity index (χ1n) is 7.65. The fourth-order valence-electron chi connectivity index (χ4n) is 2.73. The third kappa shape index (κ3) is 2.93. The van der Waals surface area contributed by atoms with Crippen molar-refractivity contribution in [2.75, 3.05) is 11.8 Å². The second-order valence-corrected chi connectivity index (χ2v) is 6.08. The molecule has 9 nitrogen and oxygen atoms in total. The lowest BCUT2D eigenvalue weighted by molar-refractivity contribution is -0.385. The van der Waals surface area contributed by atoms with E-state index in [0.29, 0.717) is 16.5 Å². The summed E-state index contributed by atoms with van der Waals surface area (Å²) in [7, 11) is 0. The predicted octanol–water partition coefficient (Wildman–Crippen LogP) is 2.44. The number of hydrogen-bond acceptors (Lipinski definition) is 6. The van der Waals surface area contributed by atoms with Gasteiger partial charge in [-0.15, -0.1) is 0 Å². The Bertz CT molecular complexity index is 1040. The molecule has 2 aliphatic rings. The van der Waals surface area contributed by atoms with E-state index >= 15 is 0 Å². The van der Waals surface area contributed by atoms with Crippen LogP contribution in [0.4, 0.5) is 11.4 Å². The number of nitro groups is 1. The van der Waals surface area contributed by atoms with Crippen LogP contribution < -0.4 is 19.9 Å². The molecule has 0 aliphatic carbocycles. The predicted molar refractivity (Wildman–Crippen MR) is 94.3 cm³/mol. The van der Waals surface area contributed by atoms with E-state index in [-0.39, 0.29) is 29.4 Å². The fourth-order valence-corrected chi connectivity index (χ4v) is 2.92. The average Bonchev–Trinajstić information content (AvgIpc) is 3.20. The summed E-state index contributed by atoms with van der Waals surface area (Å²) in [6, 6.07) is 8.90. The first-order chi connectivity index (χ1) is 12.9. The molecule has 2 aromatic carbocycles. The van der Waals surface area contributed by atoms with Crippen LogP contribution in [0.3, 0.4) is 0 Å². The highest BCUT2D eigenvalue weighted by molar-refractivity contribution is 6.33. The van der Waals surface area contributed by atoms with Gasteiger partial charge in [-0.3, -0.25) is 25.1 Å². The van der Waals surface area contributed by atoms with Crippen LogP contribution >= 0.6 is 11.6 Å². The number of fused-ring (bicyclic) bond motifs is 1. The normalized spacial score (nSPS) is 16.8. The van der Waals surface area contributed by atoms with Gasteiger partial charge in [-0.2, -0.15) is 0 Å². The van der Waals surface area contributed by atoms with Crippen molar-refractivity contribution >= 4 is 40.9 Å². The third-order valence-electron chi connectivity index (χ3n) is 3.98. The molecule has 0 unspecified atom stereocenters. The third-order valence-corrected chi connectivity index (χ3v) is 4.21. The van der Waals surface area contributed by atoms with Crippen molar-refractivity contribution in [1.82, 2.24) is 5.43 Å². The van der Waals surface area contributed by atoms with Gasteiger partial charge in [0.05, 0.1) is 22.2 Å². The molecule has 1 fully saturated rings. The number of benzene rings is 2. The Kier molecular flexibility index (Phi) is 3.93. The highest BCUT2D eigenvalue weighted by Crippen LogP contribution is 2.39. The van der Waals surface area contributed by atoms with Crippen molar-refractivity contribution in [2.45, 2.75) is 0 Å². The van der Waals surface area contributed by atoms with Gasteiger partial charge in [-0.25, -0.2) is 5.01 Å². The second kappa shape index (κ2) is 6.29. The molecule has 0 radical (unpaired) electrons. The van der Waals surface area contributed by atoms with Gasteiger partial charge in [0.1, 0.15) is 5.57 Å². The van der Waals surface area contributed by atoms with E-state index in [1.165, 1.54) is 18.2 Å². The van der Waals surface area contributed by atoms with E-state index in [0.717, 1.165) is 11.1 Å². The minimum Gasteiger partial charge on any atom is -0.454 e. The van der Waals surface area contributed by atoms with E-state index in [9.17, 15) is 19.7 Å². The summed E-state index contributed by atoms with van der Waals surface area (Å²) in [4.78, 5) is 35.7. The summed E-state index contributed by atoms with van der Waals surface area (Å²) in [5, 5.41) is 12.8. The summed E-state index contributed by atoms with van der Waals surface area (Å²) in [6.45, 7) is -0.0610. The molecular weight excluding hydrogens is 378 g/mol. The Morgan fingerprint density at radius 2 is 1.93 bits per heavy atom. The van der Waals surface area contributed by atoms with Crippen molar-refractivity contribution in [3.63, 3.8) is 0 Å². The van der Waals surface area contributed by atoms with Crippen LogP contribution in [0.15, 0.2) is 42.0 Å². The number of ether oxygens (including phenoxy) is 2. The Balaban J connectivity index is 1.75. The van der Waals surface area contributed by atoms with Crippen LogP contribution in [0.1, 0.15) is 5.56 Å². The van der Waals surface area contributed by atoms with Crippen molar-refractivity contribution in [2.24, 2.45) is 0 Å². The Hall–Kier alpha value is -3.59. The smallest absolute Gasteiger partial charge is 0.282 e. The molecule has 0 saturated carbocycles. The van der Waals surface area contributed by atoms with Gasteiger partial charge in [0.15, 0.2) is 11.5 Å². The van der Waals surface area contributed by atoms with Crippen LogP contribution in [0.5, 0.6) is 11.5 Å². The molecule has 10 heteroatoms. The number of nitro benzene ring substituents is 1. The Morgan fingerprint density at radius 1 is 1.19 bits per heavy atom. The van der Waals surface area contributed by atoms with Crippen LogP contribution in [-0.2, 0) is 9.59 Å². The average molecular weight is 388 g/mol. The maximum absolute atomic E-state index is 12.7. The van der Waals surface area contributed by atoms with Crippen LogP contribution in [-0.4, -0.2) is 23.5 Å². The zero-order valence-electron chi connectivity index (χ0n) is 13.5. The number of amides is 2. The molecular formula is C17H10ClN3O6. The van der Waals surface area contributed by atoms with E-state index in [1.54, 1.807) is 18.2 Å². The van der Waals surface area contributed by atoms with Crippen LogP contribution in [0.2, 0.25) is 5.02 Å². The number of carbonyl (C=O) groups excluding carboxylic acids is 2. The minimum atomic E-state index is -0.688. The van der Waals surface area contributed by atoms with Crippen molar-refractivity contribution in [1.29, 1.82) is 0 Å². The van der Waals surface area contributed by atoms with Gasteiger partial charge in [0, 0.05) is 5.02 Å². The van der Waals surface area contributed by atoms with Crippen LogP contribution in [0.25, 0.3) is 6.08 Å². The molecule has 0 atom stereocenters. The largest absolute Gasteiger partial charge is 0.454 e. The number of rotatable bonds is 3. The maximum atomic E-state index is 12.7. The quantitative estimate of drug-likeness (QED) is 0.375. The molecule has 2 aromatic rings. The molecule has 1 N–H and O–H groups in total. The summed E-state index contributed by atoms with van der Waals surface area (Å²) >= 11 is 5.92. The van der Waals surface area contributed by atoms with Gasteiger partial charge in [-0.1, -0.05) is 17.7 Å². The summed E-state index contributed by atoms with van der Waals surface area (Å²) in [5.74, 6) is -0.822. The lowest BCUT2D eigenvalue weighted by Gasteiger charge is -2.14. The number of nitrogens with one attached hydrogen (secondary N) is 1. The maximum Gasteiger partial charge on any atom is 0.282 e. The minimum absolute atomic E-state index is 0.0516. The summed E-state index contributed by atoms with van der Waals surface area (Å²) in [6.07, 6.45) is 1.16. The molecule has 2 amide bonds. The van der Waals surface area contributed by atoms with Gasteiger partial charge < -0.3 is 9.47 Å². The highest BCUT2D eigenvalue weighted by atomic mass is 35.5. The van der Waals surface area contributed by atoms with E-state index in [2.05, 4.69) is 5.43 Å². The molecule has 136 valence electrons. The molecule has 27 heavy (non-hydrogen) atoms. The van der Waals surface area contributed by atoms with Gasteiger partial charge in [0.2, 0.25) is 6.79 Å². The topological polar surface area (TPSA) is 111 Å². The van der Waals surface area contributed by atoms with Crippen molar-refractivity contribution in [3.05, 3.63) is 62.7 Å². The fraction of sp³-hybridized carbons (Fsp3) is 0.0588. The monoisotopic (exact) mass is 387 g/mol. The number of hydrogen-bond donors (Lipinski definition) is 1. The number of halogens is 1.